The van der Waals surface area contributed by atoms with Gasteiger partial charge in [0.2, 0.25) is 0 Å². The number of carbonyl (C=O) groups excluding carboxylic acids is 2. The molecule has 0 atom stereocenters. The Hall–Kier alpha value is -4.06. The molecule has 0 aliphatic rings. The van der Waals surface area contributed by atoms with Crippen LogP contribution in [0.25, 0.3) is 11.1 Å². The third kappa shape index (κ3) is 6.83. The van der Waals surface area contributed by atoms with Gasteiger partial charge in [0.15, 0.2) is 0 Å². The Balaban J connectivity index is 1.96. The standard InChI is InChI=1S/C24H22O6/c1-5-23(25)29-14-13-28-22-11-8-20(16-18(22)4)19-6-9-21(10-7-19)27-12-15-30-24(26)17(2)3/h5-16H,1-2H2,3-4H3. The van der Waals surface area contributed by atoms with Crippen LogP contribution >= 0.6 is 0 Å². The maximum atomic E-state index is 11.3. The van der Waals surface area contributed by atoms with Crippen LogP contribution in [0.2, 0.25) is 0 Å². The smallest absolute Gasteiger partial charge is 0.338 e. The van der Waals surface area contributed by atoms with Gasteiger partial charge in [-0.25, -0.2) is 9.59 Å². The number of rotatable bonds is 9. The summed E-state index contributed by atoms with van der Waals surface area (Å²) in [4.78, 5) is 22.2. The normalized spacial score (nSPS) is 10.6. The number of carbonyl (C=O) groups is 2. The van der Waals surface area contributed by atoms with E-state index in [1.807, 2.05) is 37.3 Å². The predicted octanol–water partition coefficient (Wildman–Crippen LogP) is 5.21. The maximum Gasteiger partial charge on any atom is 0.338 e. The number of hydrogen-bond acceptors (Lipinski definition) is 6. The van der Waals surface area contributed by atoms with Crippen molar-refractivity contribution >= 4 is 11.9 Å². The molecule has 30 heavy (non-hydrogen) atoms. The van der Waals surface area contributed by atoms with Crippen molar-refractivity contribution in [2.75, 3.05) is 0 Å². The van der Waals surface area contributed by atoms with Crippen LogP contribution < -0.4 is 9.47 Å². The molecule has 0 radical (unpaired) electrons. The molecule has 0 fully saturated rings. The van der Waals surface area contributed by atoms with Crippen LogP contribution in [0.3, 0.4) is 0 Å². The summed E-state index contributed by atoms with van der Waals surface area (Å²) >= 11 is 0. The van der Waals surface area contributed by atoms with Crippen LogP contribution in [0.15, 0.2) is 92.3 Å². The summed E-state index contributed by atoms with van der Waals surface area (Å²) in [5.74, 6) is 0.162. The molecule has 154 valence electrons. The predicted molar refractivity (Wildman–Crippen MR) is 113 cm³/mol. The van der Waals surface area contributed by atoms with Gasteiger partial charge in [-0.05, 0) is 54.8 Å². The molecule has 0 N–H and O–H groups in total. The van der Waals surface area contributed by atoms with Crippen molar-refractivity contribution in [1.29, 1.82) is 0 Å². The van der Waals surface area contributed by atoms with E-state index in [4.69, 9.17) is 18.9 Å². The Labute approximate surface area is 175 Å². The molecule has 0 saturated carbocycles. The fourth-order valence-electron chi connectivity index (χ4n) is 2.23. The summed E-state index contributed by atoms with van der Waals surface area (Å²) in [5, 5.41) is 0. The van der Waals surface area contributed by atoms with Crippen molar-refractivity contribution in [2.45, 2.75) is 13.8 Å². The molecule has 0 aromatic heterocycles. The first-order valence-electron chi connectivity index (χ1n) is 8.94. The van der Waals surface area contributed by atoms with Gasteiger partial charge in [0.1, 0.15) is 36.5 Å². The third-order valence-corrected chi connectivity index (χ3v) is 3.75. The monoisotopic (exact) mass is 406 g/mol. The molecule has 2 aromatic carbocycles. The molecule has 0 heterocycles. The lowest BCUT2D eigenvalue weighted by molar-refractivity contribution is -0.134. The molecule has 0 saturated heterocycles. The average Bonchev–Trinajstić information content (AvgIpc) is 2.75. The van der Waals surface area contributed by atoms with E-state index in [2.05, 4.69) is 13.2 Å². The van der Waals surface area contributed by atoms with Crippen molar-refractivity contribution in [2.24, 2.45) is 0 Å². The summed E-state index contributed by atoms with van der Waals surface area (Å²) < 4.78 is 20.4. The number of ether oxygens (including phenoxy) is 4. The van der Waals surface area contributed by atoms with Gasteiger partial charge in [-0.15, -0.1) is 0 Å². The van der Waals surface area contributed by atoms with E-state index in [1.54, 1.807) is 19.1 Å². The van der Waals surface area contributed by atoms with Crippen molar-refractivity contribution in [1.82, 2.24) is 0 Å². The van der Waals surface area contributed by atoms with Gasteiger partial charge in [0.25, 0.3) is 0 Å². The Bertz CT molecular complexity index is 983. The quantitative estimate of drug-likeness (QED) is 0.323. The molecular formula is C24H22O6. The van der Waals surface area contributed by atoms with E-state index < -0.39 is 11.9 Å². The van der Waals surface area contributed by atoms with E-state index in [0.29, 0.717) is 17.1 Å². The Morgan fingerprint density at radius 1 is 0.867 bits per heavy atom. The highest BCUT2D eigenvalue weighted by Gasteiger charge is 2.04. The van der Waals surface area contributed by atoms with Gasteiger partial charge in [-0.1, -0.05) is 31.4 Å². The average molecular weight is 406 g/mol. The highest BCUT2D eigenvalue weighted by molar-refractivity contribution is 5.87. The molecule has 0 bridgehead atoms. The number of aryl methyl sites for hydroxylation is 1. The molecule has 6 nitrogen and oxygen atoms in total. The summed E-state index contributed by atoms with van der Waals surface area (Å²) in [5.41, 5.74) is 3.21. The van der Waals surface area contributed by atoms with Gasteiger partial charge in [-0.3, -0.25) is 0 Å². The van der Waals surface area contributed by atoms with Gasteiger partial charge in [0, 0.05) is 11.6 Å². The van der Waals surface area contributed by atoms with Crippen LogP contribution in [0.5, 0.6) is 11.5 Å². The number of benzene rings is 2. The topological polar surface area (TPSA) is 71.1 Å². The first-order valence-corrected chi connectivity index (χ1v) is 8.94. The molecule has 0 aliphatic heterocycles. The lowest BCUT2D eigenvalue weighted by Gasteiger charge is -2.08. The summed E-state index contributed by atoms with van der Waals surface area (Å²) in [6.45, 7) is 10.3. The zero-order chi connectivity index (χ0) is 21.9. The van der Waals surface area contributed by atoms with Gasteiger partial charge < -0.3 is 18.9 Å². The van der Waals surface area contributed by atoms with E-state index in [0.717, 1.165) is 29.0 Å². The zero-order valence-corrected chi connectivity index (χ0v) is 16.8. The van der Waals surface area contributed by atoms with E-state index in [9.17, 15) is 9.59 Å². The molecule has 0 unspecified atom stereocenters. The molecule has 2 rings (SSSR count). The van der Waals surface area contributed by atoms with Crippen LogP contribution in [0.1, 0.15) is 12.5 Å². The minimum absolute atomic E-state index is 0.308. The van der Waals surface area contributed by atoms with E-state index in [1.165, 1.54) is 18.8 Å². The first-order chi connectivity index (χ1) is 14.4. The highest BCUT2D eigenvalue weighted by Crippen LogP contribution is 2.27. The van der Waals surface area contributed by atoms with Crippen LogP contribution in [0.4, 0.5) is 0 Å². The van der Waals surface area contributed by atoms with Gasteiger partial charge >= 0.3 is 11.9 Å². The third-order valence-electron chi connectivity index (χ3n) is 3.75. The summed E-state index contributed by atoms with van der Waals surface area (Å²) in [6.07, 6.45) is 5.96. The number of hydrogen-bond donors (Lipinski definition) is 0. The summed E-state index contributed by atoms with van der Waals surface area (Å²) in [6, 6.07) is 13.1. The molecular weight excluding hydrogens is 384 g/mol. The second-order valence-corrected chi connectivity index (χ2v) is 6.11. The van der Waals surface area contributed by atoms with Gasteiger partial charge in [0.05, 0.1) is 0 Å². The minimum atomic E-state index is -0.558. The van der Waals surface area contributed by atoms with Crippen molar-refractivity contribution in [3.05, 3.63) is 97.9 Å². The zero-order valence-electron chi connectivity index (χ0n) is 16.8. The van der Waals surface area contributed by atoms with Crippen molar-refractivity contribution in [3.63, 3.8) is 0 Å². The molecule has 0 spiro atoms. The highest BCUT2D eigenvalue weighted by atomic mass is 16.5. The Kier molecular flexibility index (Phi) is 8.20. The second-order valence-electron chi connectivity index (χ2n) is 6.11. The fourth-order valence-corrected chi connectivity index (χ4v) is 2.23. The lowest BCUT2D eigenvalue weighted by atomic mass is 10.0. The molecule has 2 aromatic rings. The molecule has 0 amide bonds. The Morgan fingerprint density at radius 2 is 1.50 bits per heavy atom. The first kappa shape index (κ1) is 22.2. The SMILES string of the molecule is C=CC(=O)OC=COc1ccc(-c2ccc(OC=COC(=O)C(=C)C)cc2)cc1C. The van der Waals surface area contributed by atoms with E-state index >= 15 is 0 Å². The van der Waals surface area contributed by atoms with Crippen LogP contribution in [-0.2, 0) is 19.1 Å². The largest absolute Gasteiger partial charge is 0.462 e. The fraction of sp³-hybridized carbons (Fsp3) is 0.0833. The van der Waals surface area contributed by atoms with E-state index in [-0.39, 0.29) is 0 Å². The van der Waals surface area contributed by atoms with Crippen LogP contribution in [0, 0.1) is 6.92 Å². The molecule has 0 aliphatic carbocycles. The van der Waals surface area contributed by atoms with Crippen molar-refractivity contribution in [3.8, 4) is 22.6 Å². The van der Waals surface area contributed by atoms with Gasteiger partial charge in [-0.2, -0.15) is 0 Å². The summed E-state index contributed by atoms with van der Waals surface area (Å²) in [7, 11) is 0. The van der Waals surface area contributed by atoms with Crippen LogP contribution in [-0.4, -0.2) is 11.9 Å². The van der Waals surface area contributed by atoms with Crippen molar-refractivity contribution < 1.29 is 28.5 Å². The Morgan fingerprint density at radius 3 is 2.13 bits per heavy atom. The number of esters is 2. The lowest BCUT2D eigenvalue weighted by Crippen LogP contribution is -1.99. The minimum Gasteiger partial charge on any atom is -0.462 e. The molecule has 6 heteroatoms. The second kappa shape index (κ2) is 11.1. The maximum absolute atomic E-state index is 11.3.